The van der Waals surface area contributed by atoms with Crippen molar-refractivity contribution < 1.29 is 24.3 Å². The number of ketones is 1. The number of anilines is 2. The van der Waals surface area contributed by atoms with E-state index in [1.165, 1.54) is 9.91 Å². The van der Waals surface area contributed by atoms with Crippen molar-refractivity contribution in [1.82, 2.24) is 9.91 Å². The molecule has 5 rings (SSSR count). The highest BCUT2D eigenvalue weighted by Crippen LogP contribution is 2.34. The lowest BCUT2D eigenvalue weighted by Gasteiger charge is -2.28. The molecular formula is C33H41N5O5. The predicted molar refractivity (Wildman–Crippen MR) is 165 cm³/mol. The van der Waals surface area contributed by atoms with Gasteiger partial charge in [0, 0.05) is 35.7 Å². The molecule has 1 fully saturated rings. The van der Waals surface area contributed by atoms with Crippen LogP contribution in [-0.2, 0) is 27.3 Å². The SMILES string of the molecule is CC(C)(C)C(=O)CN1C(=O)N(CC(=O)Nc2ccc3c(c2)CN(CC(=O)O)CC3)N=C(C2CCCCC2)c2ccccc21. The number of urea groups is 1. The number of carboxylic acid groups (broad SMARTS) is 1. The number of fused-ring (bicyclic) bond motifs is 2. The van der Waals surface area contributed by atoms with Gasteiger partial charge in [0.25, 0.3) is 0 Å². The van der Waals surface area contributed by atoms with Gasteiger partial charge in [0.2, 0.25) is 5.91 Å². The molecule has 1 saturated carbocycles. The molecule has 0 atom stereocenters. The van der Waals surface area contributed by atoms with Gasteiger partial charge < -0.3 is 10.4 Å². The molecule has 2 heterocycles. The van der Waals surface area contributed by atoms with Crippen LogP contribution >= 0.6 is 0 Å². The molecular weight excluding hydrogens is 546 g/mol. The molecule has 2 aromatic rings. The van der Waals surface area contributed by atoms with Gasteiger partial charge in [0.05, 0.1) is 24.5 Å². The molecule has 3 aliphatic rings. The monoisotopic (exact) mass is 587 g/mol. The molecule has 0 bridgehead atoms. The van der Waals surface area contributed by atoms with Crippen molar-refractivity contribution in [3.63, 3.8) is 0 Å². The minimum absolute atomic E-state index is 0.0367. The fourth-order valence-electron chi connectivity index (χ4n) is 6.06. The Labute approximate surface area is 252 Å². The summed E-state index contributed by atoms with van der Waals surface area (Å²) in [6, 6.07) is 12.7. The third-order valence-corrected chi connectivity index (χ3v) is 8.51. The van der Waals surface area contributed by atoms with E-state index in [0.29, 0.717) is 24.5 Å². The zero-order chi connectivity index (χ0) is 30.7. The molecule has 0 aromatic heterocycles. The number of carboxylic acids is 1. The average molecular weight is 588 g/mol. The first-order valence-corrected chi connectivity index (χ1v) is 15.2. The van der Waals surface area contributed by atoms with Gasteiger partial charge in [0.1, 0.15) is 6.54 Å². The van der Waals surface area contributed by atoms with Crippen molar-refractivity contribution in [3.8, 4) is 0 Å². The summed E-state index contributed by atoms with van der Waals surface area (Å²) in [7, 11) is 0. The van der Waals surface area contributed by atoms with Gasteiger partial charge >= 0.3 is 12.0 Å². The fraction of sp³-hybridized carbons (Fsp3) is 0.485. The Balaban J connectivity index is 1.41. The zero-order valence-electron chi connectivity index (χ0n) is 25.3. The normalized spacial score (nSPS) is 17.9. The summed E-state index contributed by atoms with van der Waals surface area (Å²) in [6.45, 7) is 6.17. The molecule has 0 saturated heterocycles. The van der Waals surface area contributed by atoms with E-state index in [9.17, 15) is 24.3 Å². The zero-order valence-corrected chi connectivity index (χ0v) is 25.3. The number of nitrogens with one attached hydrogen (secondary N) is 1. The van der Waals surface area contributed by atoms with Gasteiger partial charge in [-0.25, -0.2) is 9.80 Å². The van der Waals surface area contributed by atoms with E-state index in [1.807, 2.05) is 68.1 Å². The summed E-state index contributed by atoms with van der Waals surface area (Å²) in [4.78, 5) is 55.2. The number of nitrogens with zero attached hydrogens (tertiary/aromatic N) is 4. The molecule has 228 valence electrons. The molecule has 0 spiro atoms. The number of amides is 3. The van der Waals surface area contributed by atoms with Crippen molar-refractivity contribution in [2.45, 2.75) is 65.8 Å². The molecule has 43 heavy (non-hydrogen) atoms. The van der Waals surface area contributed by atoms with E-state index in [0.717, 1.165) is 60.9 Å². The quantitative estimate of drug-likeness (QED) is 0.453. The Bertz CT molecular complexity index is 1440. The highest BCUT2D eigenvalue weighted by atomic mass is 16.4. The first-order chi connectivity index (χ1) is 20.5. The predicted octanol–water partition coefficient (Wildman–Crippen LogP) is 4.91. The Morgan fingerprint density at radius 2 is 1.72 bits per heavy atom. The summed E-state index contributed by atoms with van der Waals surface area (Å²) < 4.78 is 0. The van der Waals surface area contributed by atoms with Crippen LogP contribution < -0.4 is 10.2 Å². The van der Waals surface area contributed by atoms with E-state index in [2.05, 4.69) is 5.32 Å². The minimum Gasteiger partial charge on any atom is -0.480 e. The van der Waals surface area contributed by atoms with E-state index in [-0.39, 0.29) is 31.3 Å². The lowest BCUT2D eigenvalue weighted by molar-refractivity contribution is -0.138. The third-order valence-electron chi connectivity index (χ3n) is 8.51. The Hall–Kier alpha value is -4.05. The number of carbonyl (C=O) groups excluding carboxylic acids is 3. The van der Waals surface area contributed by atoms with Crippen molar-refractivity contribution in [2.24, 2.45) is 16.4 Å². The smallest absolute Gasteiger partial charge is 0.345 e. The summed E-state index contributed by atoms with van der Waals surface area (Å²) in [6.07, 6.45) is 5.97. The van der Waals surface area contributed by atoms with Gasteiger partial charge in [-0.3, -0.25) is 24.2 Å². The lowest BCUT2D eigenvalue weighted by atomic mass is 9.83. The number of aliphatic carboxylic acids is 1. The number of carbonyl (C=O) groups is 4. The van der Waals surface area contributed by atoms with Gasteiger partial charge in [-0.05, 0) is 48.6 Å². The van der Waals surface area contributed by atoms with E-state index in [4.69, 9.17) is 5.10 Å². The maximum absolute atomic E-state index is 14.1. The van der Waals surface area contributed by atoms with Crippen LogP contribution in [0.5, 0.6) is 0 Å². The Morgan fingerprint density at radius 3 is 2.44 bits per heavy atom. The summed E-state index contributed by atoms with van der Waals surface area (Å²) in [5.41, 5.74) is 4.27. The van der Waals surface area contributed by atoms with Crippen LogP contribution in [0, 0.1) is 11.3 Å². The standard InChI is InChI=1S/C33H41N5O5/c1-33(2,3)28(39)19-37-27-12-8-7-11-26(27)31(23-9-5-4-6-10-23)35-38(32(37)43)20-29(40)34-25-14-13-22-15-16-36(21-30(41)42)18-24(22)17-25/h7-8,11-14,17,23H,4-6,9-10,15-16,18-21H2,1-3H3,(H,34,40)(H,41,42). The minimum atomic E-state index is -0.872. The second-order valence-corrected chi connectivity index (χ2v) is 12.8. The van der Waals surface area contributed by atoms with Gasteiger partial charge in [0.15, 0.2) is 5.78 Å². The fourth-order valence-corrected chi connectivity index (χ4v) is 6.06. The molecule has 0 unspecified atom stereocenters. The van der Waals surface area contributed by atoms with Crippen molar-refractivity contribution in [3.05, 3.63) is 59.2 Å². The summed E-state index contributed by atoms with van der Waals surface area (Å²) in [5, 5.41) is 18.2. The largest absolute Gasteiger partial charge is 0.480 e. The highest BCUT2D eigenvalue weighted by molar-refractivity contribution is 6.13. The first kappa shape index (κ1) is 30.4. The maximum Gasteiger partial charge on any atom is 0.345 e. The number of hydrazone groups is 1. The van der Waals surface area contributed by atoms with Crippen molar-refractivity contribution >= 4 is 40.8 Å². The molecule has 10 nitrogen and oxygen atoms in total. The topological polar surface area (TPSA) is 123 Å². The number of Topliss-reactive ketones (excluding diaryl/α,β-unsaturated/α-hetero) is 1. The van der Waals surface area contributed by atoms with Crippen LogP contribution in [0.2, 0.25) is 0 Å². The van der Waals surface area contributed by atoms with Crippen molar-refractivity contribution in [1.29, 1.82) is 0 Å². The van der Waals surface area contributed by atoms with Crippen LogP contribution in [-0.4, -0.2) is 70.6 Å². The molecule has 2 aromatic carbocycles. The Morgan fingerprint density at radius 1 is 0.977 bits per heavy atom. The summed E-state index contributed by atoms with van der Waals surface area (Å²) >= 11 is 0. The van der Waals surface area contributed by atoms with Crippen LogP contribution in [0.25, 0.3) is 0 Å². The number of para-hydroxylation sites is 1. The van der Waals surface area contributed by atoms with Crippen LogP contribution in [0.4, 0.5) is 16.2 Å². The molecule has 3 amide bonds. The van der Waals surface area contributed by atoms with Crippen LogP contribution in [0.1, 0.15) is 69.6 Å². The molecule has 1 aliphatic carbocycles. The van der Waals surface area contributed by atoms with Gasteiger partial charge in [-0.2, -0.15) is 5.10 Å². The lowest BCUT2D eigenvalue weighted by Crippen LogP contribution is -2.47. The number of rotatable bonds is 8. The van der Waals surface area contributed by atoms with E-state index in [1.54, 1.807) is 0 Å². The Kier molecular flexibility index (Phi) is 8.96. The molecule has 10 heteroatoms. The van der Waals surface area contributed by atoms with Crippen LogP contribution in [0.15, 0.2) is 47.6 Å². The molecule has 0 radical (unpaired) electrons. The summed E-state index contributed by atoms with van der Waals surface area (Å²) in [5.74, 6) is -1.22. The second-order valence-electron chi connectivity index (χ2n) is 12.8. The van der Waals surface area contributed by atoms with E-state index < -0.39 is 23.3 Å². The number of hydrogen-bond acceptors (Lipinski definition) is 6. The highest BCUT2D eigenvalue weighted by Gasteiger charge is 2.36. The average Bonchev–Trinajstić information content (AvgIpc) is 3.07. The molecule has 2 aliphatic heterocycles. The van der Waals surface area contributed by atoms with Gasteiger partial charge in [-0.15, -0.1) is 0 Å². The third kappa shape index (κ3) is 7.13. The second kappa shape index (κ2) is 12.7. The van der Waals surface area contributed by atoms with Crippen LogP contribution in [0.3, 0.4) is 0 Å². The number of hydrogen-bond donors (Lipinski definition) is 2. The van der Waals surface area contributed by atoms with Crippen molar-refractivity contribution in [2.75, 3.05) is 36.4 Å². The van der Waals surface area contributed by atoms with Gasteiger partial charge in [-0.1, -0.05) is 64.3 Å². The molecule has 2 N–H and O–H groups in total. The first-order valence-electron chi connectivity index (χ1n) is 15.2. The maximum atomic E-state index is 14.1. The van der Waals surface area contributed by atoms with E-state index >= 15 is 0 Å². The number of benzene rings is 2.